The molecule has 0 aromatic heterocycles. The van der Waals surface area contributed by atoms with Crippen LogP contribution >= 0.6 is 0 Å². The molecule has 5 nitrogen and oxygen atoms in total. The van der Waals surface area contributed by atoms with Crippen LogP contribution in [0.5, 0.6) is 5.75 Å². The molecule has 0 unspecified atom stereocenters. The first-order valence-corrected chi connectivity index (χ1v) is 8.68. The average molecular weight is 353 g/mol. The van der Waals surface area contributed by atoms with Gasteiger partial charge in [0.05, 0.1) is 19.6 Å². The standard InChI is InChI=1S/C21H23NO4/c1-25-18-10-6-7-16(15-18)19(23)22-13-11-21(12-14-22,20(24)26-2)17-8-4-3-5-9-17/h3-10,15H,11-14H2,1-2H3. The first kappa shape index (κ1) is 18.0. The summed E-state index contributed by atoms with van der Waals surface area (Å²) in [4.78, 5) is 27.2. The van der Waals surface area contributed by atoms with Crippen molar-refractivity contribution in [2.45, 2.75) is 18.3 Å². The van der Waals surface area contributed by atoms with E-state index in [0.717, 1.165) is 5.56 Å². The van der Waals surface area contributed by atoms with Crippen LogP contribution in [0.15, 0.2) is 54.6 Å². The largest absolute Gasteiger partial charge is 0.497 e. The zero-order valence-corrected chi connectivity index (χ0v) is 15.1. The van der Waals surface area contributed by atoms with Gasteiger partial charge in [-0.1, -0.05) is 36.4 Å². The molecule has 26 heavy (non-hydrogen) atoms. The lowest BCUT2D eigenvalue weighted by atomic mass is 9.72. The lowest BCUT2D eigenvalue weighted by Crippen LogP contribution is -2.49. The lowest BCUT2D eigenvalue weighted by Gasteiger charge is -2.40. The number of ether oxygens (including phenoxy) is 2. The minimum absolute atomic E-state index is 0.0459. The third kappa shape index (κ3) is 3.29. The minimum atomic E-state index is -0.693. The number of likely N-dealkylation sites (tertiary alicyclic amines) is 1. The van der Waals surface area contributed by atoms with Crippen molar-refractivity contribution in [3.05, 3.63) is 65.7 Å². The highest BCUT2D eigenvalue weighted by molar-refractivity contribution is 5.95. The van der Waals surface area contributed by atoms with E-state index in [1.165, 1.54) is 7.11 Å². The third-order valence-corrected chi connectivity index (χ3v) is 5.12. The van der Waals surface area contributed by atoms with Gasteiger partial charge in [-0.2, -0.15) is 0 Å². The second-order valence-corrected chi connectivity index (χ2v) is 6.46. The van der Waals surface area contributed by atoms with E-state index in [4.69, 9.17) is 9.47 Å². The number of piperidine rings is 1. The summed E-state index contributed by atoms with van der Waals surface area (Å²) in [6, 6.07) is 16.8. The van der Waals surface area contributed by atoms with Gasteiger partial charge in [0.2, 0.25) is 0 Å². The summed E-state index contributed by atoms with van der Waals surface area (Å²) >= 11 is 0. The maximum absolute atomic E-state index is 12.8. The predicted molar refractivity (Wildman–Crippen MR) is 98.3 cm³/mol. The first-order valence-electron chi connectivity index (χ1n) is 8.68. The third-order valence-electron chi connectivity index (χ3n) is 5.12. The highest BCUT2D eigenvalue weighted by Gasteiger charge is 2.44. The zero-order valence-electron chi connectivity index (χ0n) is 15.1. The van der Waals surface area contributed by atoms with Crippen LogP contribution in [-0.4, -0.2) is 44.1 Å². The molecule has 1 aliphatic heterocycles. The number of amides is 1. The molecule has 3 rings (SSSR count). The second-order valence-electron chi connectivity index (χ2n) is 6.46. The van der Waals surface area contributed by atoms with Gasteiger partial charge in [-0.05, 0) is 36.6 Å². The number of hydrogen-bond donors (Lipinski definition) is 0. The van der Waals surface area contributed by atoms with Crippen molar-refractivity contribution in [1.82, 2.24) is 4.90 Å². The van der Waals surface area contributed by atoms with E-state index in [-0.39, 0.29) is 11.9 Å². The number of hydrogen-bond acceptors (Lipinski definition) is 4. The molecule has 1 heterocycles. The summed E-state index contributed by atoms with van der Waals surface area (Å²) in [5.41, 5.74) is 0.844. The summed E-state index contributed by atoms with van der Waals surface area (Å²) in [5.74, 6) is 0.369. The fraction of sp³-hybridized carbons (Fsp3) is 0.333. The van der Waals surface area contributed by atoms with Crippen molar-refractivity contribution in [2.75, 3.05) is 27.3 Å². The van der Waals surface area contributed by atoms with E-state index in [0.29, 0.717) is 37.2 Å². The van der Waals surface area contributed by atoms with Crippen molar-refractivity contribution in [3.63, 3.8) is 0 Å². The first-order chi connectivity index (χ1) is 12.6. The van der Waals surface area contributed by atoms with Crippen LogP contribution in [0.2, 0.25) is 0 Å². The van der Waals surface area contributed by atoms with Gasteiger partial charge >= 0.3 is 5.97 Å². The summed E-state index contributed by atoms with van der Waals surface area (Å²) < 4.78 is 10.3. The molecule has 0 spiro atoms. The van der Waals surface area contributed by atoms with Crippen molar-refractivity contribution >= 4 is 11.9 Å². The van der Waals surface area contributed by atoms with Crippen LogP contribution in [0.4, 0.5) is 0 Å². The maximum Gasteiger partial charge on any atom is 0.316 e. The molecule has 0 atom stereocenters. The Bertz CT molecular complexity index is 780. The number of carbonyl (C=O) groups is 2. The van der Waals surface area contributed by atoms with Crippen LogP contribution in [0.1, 0.15) is 28.8 Å². The normalized spacial score (nSPS) is 16.0. The van der Waals surface area contributed by atoms with Gasteiger partial charge < -0.3 is 14.4 Å². The second kappa shape index (κ2) is 7.60. The lowest BCUT2D eigenvalue weighted by molar-refractivity contribution is -0.149. The van der Waals surface area contributed by atoms with Gasteiger partial charge in [-0.25, -0.2) is 0 Å². The number of methoxy groups -OCH3 is 2. The van der Waals surface area contributed by atoms with Crippen LogP contribution in [-0.2, 0) is 14.9 Å². The Kier molecular flexibility index (Phi) is 5.26. The average Bonchev–Trinajstić information content (AvgIpc) is 2.73. The van der Waals surface area contributed by atoms with Gasteiger partial charge in [-0.15, -0.1) is 0 Å². The fourth-order valence-electron chi connectivity index (χ4n) is 3.59. The van der Waals surface area contributed by atoms with Crippen molar-refractivity contribution in [3.8, 4) is 5.75 Å². The van der Waals surface area contributed by atoms with Gasteiger partial charge in [0.25, 0.3) is 5.91 Å². The maximum atomic E-state index is 12.8. The van der Waals surface area contributed by atoms with Crippen molar-refractivity contribution in [2.24, 2.45) is 0 Å². The van der Waals surface area contributed by atoms with Gasteiger partial charge in [0.1, 0.15) is 5.75 Å². The number of carbonyl (C=O) groups excluding carboxylic acids is 2. The summed E-state index contributed by atoms with van der Waals surface area (Å²) in [5, 5.41) is 0. The van der Waals surface area contributed by atoms with E-state index in [9.17, 15) is 9.59 Å². The van der Waals surface area contributed by atoms with Crippen LogP contribution in [0.3, 0.4) is 0 Å². The van der Waals surface area contributed by atoms with Gasteiger partial charge in [0.15, 0.2) is 0 Å². The Morgan fingerprint density at radius 2 is 1.65 bits per heavy atom. The molecule has 0 saturated carbocycles. The topological polar surface area (TPSA) is 55.8 Å². The SMILES string of the molecule is COC(=O)C1(c2ccccc2)CCN(C(=O)c2cccc(OC)c2)CC1. The molecule has 1 fully saturated rings. The highest BCUT2D eigenvalue weighted by atomic mass is 16.5. The molecule has 1 amide bonds. The van der Waals surface area contributed by atoms with E-state index in [1.54, 1.807) is 30.2 Å². The smallest absolute Gasteiger partial charge is 0.316 e. The molecule has 0 bridgehead atoms. The van der Waals surface area contributed by atoms with E-state index in [1.807, 2.05) is 36.4 Å². The van der Waals surface area contributed by atoms with E-state index >= 15 is 0 Å². The van der Waals surface area contributed by atoms with Crippen LogP contribution in [0.25, 0.3) is 0 Å². The highest BCUT2D eigenvalue weighted by Crippen LogP contribution is 2.37. The van der Waals surface area contributed by atoms with Gasteiger partial charge in [0, 0.05) is 18.7 Å². The molecular formula is C21H23NO4. The monoisotopic (exact) mass is 353 g/mol. The Labute approximate surface area is 153 Å². The molecule has 0 radical (unpaired) electrons. The zero-order chi connectivity index (χ0) is 18.6. The molecule has 1 aliphatic rings. The number of benzene rings is 2. The molecule has 2 aromatic carbocycles. The van der Waals surface area contributed by atoms with Gasteiger partial charge in [-0.3, -0.25) is 9.59 Å². The fourth-order valence-corrected chi connectivity index (χ4v) is 3.59. The summed E-state index contributed by atoms with van der Waals surface area (Å²) in [6.45, 7) is 1.00. The van der Waals surface area contributed by atoms with Crippen LogP contribution in [0, 0.1) is 0 Å². The minimum Gasteiger partial charge on any atom is -0.497 e. The molecule has 5 heteroatoms. The summed E-state index contributed by atoms with van der Waals surface area (Å²) in [6.07, 6.45) is 1.08. The molecule has 0 aliphatic carbocycles. The Morgan fingerprint density at radius 1 is 0.962 bits per heavy atom. The molecular weight excluding hydrogens is 330 g/mol. The molecule has 136 valence electrons. The van der Waals surface area contributed by atoms with E-state index in [2.05, 4.69) is 0 Å². The van der Waals surface area contributed by atoms with Crippen LogP contribution < -0.4 is 4.74 Å². The predicted octanol–water partition coefficient (Wildman–Crippen LogP) is 3.04. The Balaban J connectivity index is 1.79. The number of esters is 1. The summed E-state index contributed by atoms with van der Waals surface area (Å²) in [7, 11) is 3.00. The number of rotatable bonds is 4. The van der Waals surface area contributed by atoms with Crippen molar-refractivity contribution < 1.29 is 19.1 Å². The molecule has 2 aromatic rings. The molecule has 1 saturated heterocycles. The Morgan fingerprint density at radius 3 is 2.27 bits per heavy atom. The quantitative estimate of drug-likeness (QED) is 0.793. The van der Waals surface area contributed by atoms with Crippen molar-refractivity contribution in [1.29, 1.82) is 0 Å². The number of nitrogens with zero attached hydrogens (tertiary/aromatic N) is 1. The van der Waals surface area contributed by atoms with E-state index < -0.39 is 5.41 Å². The molecule has 0 N–H and O–H groups in total. The Hall–Kier alpha value is -2.82.